The van der Waals surface area contributed by atoms with Crippen molar-refractivity contribution >= 4 is 12.0 Å². The summed E-state index contributed by atoms with van der Waals surface area (Å²) in [5.41, 5.74) is 0. The number of carboxylic acid groups (broad SMARTS) is 1. The van der Waals surface area contributed by atoms with Gasteiger partial charge in [0.05, 0.1) is 6.61 Å². The quantitative estimate of drug-likeness (QED) is 0.470. The van der Waals surface area contributed by atoms with Crippen LogP contribution in [-0.2, 0) is 4.79 Å². The van der Waals surface area contributed by atoms with Crippen LogP contribution in [0.4, 0.5) is 4.79 Å². The third-order valence-corrected chi connectivity index (χ3v) is 2.59. The van der Waals surface area contributed by atoms with Gasteiger partial charge in [-0.15, -0.1) is 0 Å². The number of carbonyl (C=O) groups is 2. The van der Waals surface area contributed by atoms with E-state index in [9.17, 15) is 9.59 Å². The number of amides is 2. The topological polar surface area (TPSA) is 102 Å². The van der Waals surface area contributed by atoms with Gasteiger partial charge in [-0.2, -0.15) is 0 Å². The van der Waals surface area contributed by atoms with Gasteiger partial charge >= 0.3 is 12.0 Å². The maximum atomic E-state index is 11.5. The number of urea groups is 1. The summed E-state index contributed by atoms with van der Waals surface area (Å²) in [5.74, 6) is -1.26. The number of rotatable bonds is 8. The predicted molar refractivity (Wildman–Crippen MR) is 67.4 cm³/mol. The lowest BCUT2D eigenvalue weighted by Gasteiger charge is -2.24. The van der Waals surface area contributed by atoms with E-state index in [0.29, 0.717) is 6.54 Å². The SMILES string of the molecule is CCN(CC)CC(C)NC(=O)N[C@@H](CO)C(=O)O. The molecule has 18 heavy (non-hydrogen) atoms. The van der Waals surface area contributed by atoms with Crippen LogP contribution in [0.15, 0.2) is 0 Å². The van der Waals surface area contributed by atoms with E-state index in [2.05, 4.69) is 15.5 Å². The molecule has 0 aromatic heterocycles. The lowest BCUT2D eigenvalue weighted by molar-refractivity contribution is -0.140. The van der Waals surface area contributed by atoms with E-state index in [0.717, 1.165) is 13.1 Å². The Bertz CT molecular complexity index is 269. The summed E-state index contributed by atoms with van der Waals surface area (Å²) in [6, 6.07) is -1.96. The molecule has 7 nitrogen and oxygen atoms in total. The molecule has 0 aliphatic carbocycles. The van der Waals surface area contributed by atoms with Gasteiger partial charge in [-0.05, 0) is 20.0 Å². The van der Waals surface area contributed by atoms with Crippen molar-refractivity contribution in [1.29, 1.82) is 0 Å². The van der Waals surface area contributed by atoms with E-state index in [1.54, 1.807) is 0 Å². The molecule has 2 atom stereocenters. The minimum absolute atomic E-state index is 0.0990. The summed E-state index contributed by atoms with van der Waals surface area (Å²) in [4.78, 5) is 24.2. The number of aliphatic hydroxyl groups is 1. The first kappa shape index (κ1) is 16.7. The second-order valence-electron chi connectivity index (χ2n) is 4.08. The molecular weight excluding hydrogens is 238 g/mol. The molecule has 7 heteroatoms. The molecule has 0 bridgehead atoms. The summed E-state index contributed by atoms with van der Waals surface area (Å²) in [7, 11) is 0. The lowest BCUT2D eigenvalue weighted by Crippen LogP contribution is -2.51. The fourth-order valence-corrected chi connectivity index (χ4v) is 1.52. The average molecular weight is 261 g/mol. The number of nitrogens with one attached hydrogen (secondary N) is 2. The molecule has 0 spiro atoms. The van der Waals surface area contributed by atoms with Crippen LogP contribution in [0.1, 0.15) is 20.8 Å². The Labute approximate surface area is 107 Å². The molecule has 0 aliphatic heterocycles. The van der Waals surface area contributed by atoms with Gasteiger partial charge in [-0.3, -0.25) is 0 Å². The average Bonchev–Trinajstić information content (AvgIpc) is 2.32. The van der Waals surface area contributed by atoms with Crippen molar-refractivity contribution in [3.05, 3.63) is 0 Å². The highest BCUT2D eigenvalue weighted by atomic mass is 16.4. The van der Waals surface area contributed by atoms with Crippen molar-refractivity contribution in [3.63, 3.8) is 0 Å². The molecule has 106 valence electrons. The van der Waals surface area contributed by atoms with Gasteiger partial charge in [-0.1, -0.05) is 13.8 Å². The van der Waals surface area contributed by atoms with Crippen LogP contribution in [-0.4, -0.2) is 65.4 Å². The standard InChI is InChI=1S/C11H23N3O4/c1-4-14(5-2)6-8(3)12-11(18)13-9(7-15)10(16)17/h8-9,15H,4-7H2,1-3H3,(H,16,17)(H2,12,13,18)/t8?,9-/m0/s1. The van der Waals surface area contributed by atoms with E-state index in [-0.39, 0.29) is 6.04 Å². The summed E-state index contributed by atoms with van der Waals surface area (Å²) in [6.45, 7) is 7.74. The highest BCUT2D eigenvalue weighted by Crippen LogP contribution is 1.92. The first-order valence-electron chi connectivity index (χ1n) is 6.07. The number of hydrogen-bond donors (Lipinski definition) is 4. The van der Waals surface area contributed by atoms with Crippen molar-refractivity contribution in [2.24, 2.45) is 0 Å². The second kappa shape index (κ2) is 8.71. The van der Waals surface area contributed by atoms with Crippen LogP contribution in [0.25, 0.3) is 0 Å². The number of carbonyl (C=O) groups excluding carboxylic acids is 1. The molecule has 4 N–H and O–H groups in total. The Morgan fingerprint density at radius 2 is 1.78 bits per heavy atom. The Morgan fingerprint density at radius 1 is 1.22 bits per heavy atom. The van der Waals surface area contributed by atoms with Crippen LogP contribution in [0.5, 0.6) is 0 Å². The Hall–Kier alpha value is -1.34. The smallest absolute Gasteiger partial charge is 0.328 e. The van der Waals surface area contributed by atoms with Crippen molar-refractivity contribution < 1.29 is 19.8 Å². The van der Waals surface area contributed by atoms with Crippen LogP contribution in [0, 0.1) is 0 Å². The number of aliphatic carboxylic acids is 1. The van der Waals surface area contributed by atoms with E-state index < -0.39 is 24.6 Å². The van der Waals surface area contributed by atoms with Crippen molar-refractivity contribution in [2.75, 3.05) is 26.2 Å². The third kappa shape index (κ3) is 6.41. The Morgan fingerprint density at radius 3 is 2.17 bits per heavy atom. The Kier molecular flexibility index (Phi) is 8.06. The van der Waals surface area contributed by atoms with E-state index in [4.69, 9.17) is 10.2 Å². The zero-order valence-electron chi connectivity index (χ0n) is 11.1. The van der Waals surface area contributed by atoms with Gasteiger partial charge in [0.15, 0.2) is 6.04 Å². The zero-order chi connectivity index (χ0) is 14.1. The summed E-state index contributed by atoms with van der Waals surface area (Å²) < 4.78 is 0. The Balaban J connectivity index is 4.10. The molecule has 1 unspecified atom stereocenters. The fraction of sp³-hybridized carbons (Fsp3) is 0.818. The van der Waals surface area contributed by atoms with Crippen LogP contribution in [0.3, 0.4) is 0 Å². The highest BCUT2D eigenvalue weighted by molar-refractivity contribution is 5.82. The van der Waals surface area contributed by atoms with Crippen molar-refractivity contribution in [2.45, 2.75) is 32.9 Å². The van der Waals surface area contributed by atoms with Gasteiger partial charge in [0.2, 0.25) is 0 Å². The minimum atomic E-state index is -1.27. The molecule has 0 heterocycles. The molecule has 0 rings (SSSR count). The minimum Gasteiger partial charge on any atom is -0.480 e. The summed E-state index contributed by atoms with van der Waals surface area (Å²) in [5, 5.41) is 22.3. The lowest BCUT2D eigenvalue weighted by atomic mass is 10.3. The predicted octanol–water partition coefficient (Wildman–Crippen LogP) is -0.539. The van der Waals surface area contributed by atoms with E-state index in [1.807, 2.05) is 20.8 Å². The molecule has 0 aromatic rings. The van der Waals surface area contributed by atoms with Crippen LogP contribution in [0.2, 0.25) is 0 Å². The maximum Gasteiger partial charge on any atom is 0.328 e. The summed E-state index contributed by atoms with van der Waals surface area (Å²) in [6.07, 6.45) is 0. The first-order chi connectivity index (χ1) is 8.44. The van der Waals surface area contributed by atoms with Gasteiger partial charge in [0.25, 0.3) is 0 Å². The highest BCUT2D eigenvalue weighted by Gasteiger charge is 2.19. The van der Waals surface area contributed by atoms with Crippen molar-refractivity contribution in [3.8, 4) is 0 Å². The van der Waals surface area contributed by atoms with Crippen molar-refractivity contribution in [1.82, 2.24) is 15.5 Å². The number of aliphatic hydroxyl groups excluding tert-OH is 1. The molecule has 0 aliphatic rings. The fourth-order valence-electron chi connectivity index (χ4n) is 1.52. The largest absolute Gasteiger partial charge is 0.480 e. The van der Waals surface area contributed by atoms with Gasteiger partial charge in [0, 0.05) is 12.6 Å². The third-order valence-electron chi connectivity index (χ3n) is 2.59. The van der Waals surface area contributed by atoms with Gasteiger partial charge < -0.3 is 25.7 Å². The molecule has 2 amide bonds. The maximum absolute atomic E-state index is 11.5. The molecular formula is C11H23N3O4. The number of hydrogen-bond acceptors (Lipinski definition) is 4. The van der Waals surface area contributed by atoms with E-state index >= 15 is 0 Å². The van der Waals surface area contributed by atoms with E-state index in [1.165, 1.54) is 0 Å². The number of carboxylic acids is 1. The molecule has 0 saturated carbocycles. The molecule has 0 saturated heterocycles. The first-order valence-corrected chi connectivity index (χ1v) is 6.07. The van der Waals surface area contributed by atoms with Crippen LogP contribution < -0.4 is 10.6 Å². The summed E-state index contributed by atoms with van der Waals surface area (Å²) >= 11 is 0. The van der Waals surface area contributed by atoms with Gasteiger partial charge in [-0.25, -0.2) is 9.59 Å². The zero-order valence-corrected chi connectivity index (χ0v) is 11.1. The molecule has 0 aromatic carbocycles. The second-order valence-corrected chi connectivity index (χ2v) is 4.08. The van der Waals surface area contributed by atoms with Crippen LogP contribution >= 0.6 is 0 Å². The number of likely N-dealkylation sites (N-methyl/N-ethyl adjacent to an activating group) is 1. The molecule has 0 radical (unpaired) electrons. The van der Waals surface area contributed by atoms with Gasteiger partial charge in [0.1, 0.15) is 0 Å². The monoisotopic (exact) mass is 261 g/mol. The number of nitrogens with zero attached hydrogens (tertiary/aromatic N) is 1. The normalized spacial score (nSPS) is 14.1. The molecule has 0 fully saturated rings.